The normalized spacial score (nSPS) is 11.4. The fraction of sp³-hybridized carbons (Fsp3) is 0.289. The summed E-state index contributed by atoms with van der Waals surface area (Å²) in [5, 5.41) is 3.20. The van der Waals surface area contributed by atoms with Crippen LogP contribution in [0.15, 0.2) is 109 Å². The zero-order chi connectivity index (χ0) is 37.3. The van der Waals surface area contributed by atoms with Crippen molar-refractivity contribution < 1.29 is 22.2 Å². The molecule has 0 saturated heterocycles. The number of carbonyl (C=O) groups excluding carboxylic acids is 2. The Bertz CT molecular complexity index is 2050. The van der Waals surface area contributed by atoms with Crippen molar-refractivity contribution in [1.82, 2.24) is 0 Å². The molecule has 0 spiro atoms. The quantitative estimate of drug-likeness (QED) is 0.145. The second-order valence-electron chi connectivity index (χ2n) is 14.1. The Kier molecular flexibility index (Phi) is 14.6. The van der Waals surface area contributed by atoms with Crippen LogP contribution in [0.25, 0.3) is 22.3 Å². The van der Waals surface area contributed by atoms with E-state index in [1.807, 2.05) is 43.3 Å². The summed E-state index contributed by atoms with van der Waals surface area (Å²) in [6.45, 7) is 15.1. The average Bonchev–Trinajstić information content (AvgIpc) is 3.07. The molecule has 6 nitrogen and oxygen atoms in total. The summed E-state index contributed by atoms with van der Waals surface area (Å²) in [5.41, 5.74) is 13.2. The van der Waals surface area contributed by atoms with E-state index in [-0.39, 0.29) is 24.5 Å². The number of hydrogen-bond acceptors (Lipinski definition) is 5. The molecular weight excluding hydrogens is 667 g/mol. The molecule has 0 aliphatic carbocycles. The van der Waals surface area contributed by atoms with Crippen LogP contribution < -0.4 is 5.32 Å². The van der Waals surface area contributed by atoms with Gasteiger partial charge in [-0.15, -0.1) is 12.6 Å². The molecule has 0 heterocycles. The zero-order valence-corrected chi connectivity index (χ0v) is 31.4. The van der Waals surface area contributed by atoms with E-state index in [1.165, 1.54) is 27.8 Å². The maximum Gasteiger partial charge on any atom is 0.425 e. The molecule has 5 aromatic rings. The topological polar surface area (TPSA) is 97.4 Å². The fourth-order valence-electron chi connectivity index (χ4n) is 6.45. The smallest absolute Gasteiger partial charge is 0.326 e. The van der Waals surface area contributed by atoms with Crippen LogP contribution in [0.4, 0.5) is 5.69 Å². The number of aryl methyl sites for hydroxylation is 3. The number of nitrogens with one attached hydrogen (secondary N) is 1. The SMILES string of the molecule is C.CCCC(=O)c1ccc(C[C@@H](C(=O)Nc2ccc(-c3c(C)cc(C)cc3C)cc2)c2ccc(-c3ccc(C(C)(C)C)cc3)cc2)cc1.O=S(=O)=O. The Morgan fingerprint density at radius 3 is 1.65 bits per heavy atom. The van der Waals surface area contributed by atoms with Gasteiger partial charge < -0.3 is 5.32 Å². The summed E-state index contributed by atoms with van der Waals surface area (Å²) in [4.78, 5) is 26.4. The minimum Gasteiger partial charge on any atom is -0.326 e. The van der Waals surface area contributed by atoms with Crippen LogP contribution in [0.1, 0.15) is 97.6 Å². The molecule has 0 saturated carbocycles. The van der Waals surface area contributed by atoms with Crippen LogP contribution in [-0.2, 0) is 27.2 Å². The summed E-state index contributed by atoms with van der Waals surface area (Å²) >= 11 is 0. The summed E-state index contributed by atoms with van der Waals surface area (Å²) < 4.78 is 25.3. The molecule has 0 aliphatic heterocycles. The van der Waals surface area contributed by atoms with E-state index in [1.54, 1.807) is 0 Å². The van der Waals surface area contributed by atoms with Crippen LogP contribution in [0.3, 0.4) is 0 Å². The lowest BCUT2D eigenvalue weighted by atomic mass is 9.86. The largest absolute Gasteiger partial charge is 0.425 e. The number of rotatable bonds is 10. The summed E-state index contributed by atoms with van der Waals surface area (Å²) in [7, 11) is -3.11. The van der Waals surface area contributed by atoms with Gasteiger partial charge in [-0.05, 0) is 101 Å². The lowest BCUT2D eigenvalue weighted by Crippen LogP contribution is -2.23. The van der Waals surface area contributed by atoms with Crippen LogP contribution in [0.2, 0.25) is 0 Å². The number of carbonyl (C=O) groups is 2. The third kappa shape index (κ3) is 11.2. The van der Waals surface area contributed by atoms with Crippen molar-refractivity contribution in [3.05, 3.63) is 148 Å². The van der Waals surface area contributed by atoms with Gasteiger partial charge in [0, 0.05) is 17.7 Å². The first-order valence-corrected chi connectivity index (χ1v) is 18.2. The van der Waals surface area contributed by atoms with Gasteiger partial charge in [-0.1, -0.05) is 138 Å². The first-order chi connectivity index (χ1) is 24.2. The van der Waals surface area contributed by atoms with Crippen molar-refractivity contribution in [3.63, 3.8) is 0 Å². The predicted octanol–water partition coefficient (Wildman–Crippen LogP) is 10.8. The third-order valence-corrected chi connectivity index (χ3v) is 9.02. The van der Waals surface area contributed by atoms with Gasteiger partial charge in [0.25, 0.3) is 0 Å². The molecule has 1 atom stereocenters. The van der Waals surface area contributed by atoms with Gasteiger partial charge in [0.1, 0.15) is 0 Å². The van der Waals surface area contributed by atoms with Crippen LogP contribution in [0, 0.1) is 20.8 Å². The van der Waals surface area contributed by atoms with E-state index in [4.69, 9.17) is 12.6 Å². The predicted molar refractivity (Wildman–Crippen MR) is 214 cm³/mol. The molecule has 0 aromatic heterocycles. The number of hydrogen-bond donors (Lipinski definition) is 1. The zero-order valence-electron chi connectivity index (χ0n) is 30.5. The standard InChI is InChI=1S/C44H47NO2.CH4.O3S/c1-8-9-41(46)36-12-10-32(11-13-36)28-40(35-16-14-33(15-17-35)34-18-22-38(23-19-34)44(5,6)7)43(47)45-39-24-20-37(21-25-39)42-30(3)26-29(2)27-31(42)4;;1-4(2)3/h10-27,40H,8-9,28H2,1-7H3,(H,45,47);1H4;/t40-;;/m1../s1. The Labute approximate surface area is 311 Å². The van der Waals surface area contributed by atoms with Gasteiger partial charge in [0.15, 0.2) is 5.78 Å². The molecule has 0 unspecified atom stereocenters. The van der Waals surface area contributed by atoms with Crippen molar-refractivity contribution in [2.24, 2.45) is 0 Å². The fourth-order valence-corrected chi connectivity index (χ4v) is 6.45. The lowest BCUT2D eigenvalue weighted by Gasteiger charge is -2.20. The number of Topliss-reactive ketones (excluding diaryl/α,β-unsaturated/α-hetero) is 1. The van der Waals surface area contributed by atoms with Crippen molar-refractivity contribution in [2.75, 3.05) is 5.32 Å². The van der Waals surface area contributed by atoms with Crippen LogP contribution in [-0.4, -0.2) is 24.3 Å². The summed E-state index contributed by atoms with van der Waals surface area (Å²) in [6.07, 6.45) is 1.88. The summed E-state index contributed by atoms with van der Waals surface area (Å²) in [5.74, 6) is -0.321. The highest BCUT2D eigenvalue weighted by Crippen LogP contribution is 2.32. The molecule has 0 bridgehead atoms. The number of amides is 1. The Morgan fingerprint density at radius 2 is 1.17 bits per heavy atom. The van der Waals surface area contributed by atoms with Crippen molar-refractivity contribution in [2.45, 2.75) is 86.5 Å². The van der Waals surface area contributed by atoms with Crippen LogP contribution >= 0.6 is 0 Å². The van der Waals surface area contributed by atoms with E-state index < -0.39 is 16.5 Å². The number of anilines is 1. The van der Waals surface area contributed by atoms with E-state index in [9.17, 15) is 9.59 Å². The second kappa shape index (κ2) is 18.4. The first-order valence-electron chi connectivity index (χ1n) is 17.2. The molecule has 1 amide bonds. The van der Waals surface area contributed by atoms with E-state index in [2.05, 4.69) is 120 Å². The maximum atomic E-state index is 14.0. The average molecular weight is 718 g/mol. The highest BCUT2D eigenvalue weighted by atomic mass is 32.2. The summed E-state index contributed by atoms with van der Waals surface area (Å²) in [6, 6.07) is 37.4. The van der Waals surface area contributed by atoms with Gasteiger partial charge in [0.2, 0.25) is 5.91 Å². The molecule has 5 rings (SSSR count). The Morgan fingerprint density at radius 1 is 0.692 bits per heavy atom. The molecule has 0 aliphatic rings. The highest BCUT2D eigenvalue weighted by molar-refractivity contribution is 7.59. The first kappa shape index (κ1) is 41.3. The second-order valence-corrected chi connectivity index (χ2v) is 14.5. The van der Waals surface area contributed by atoms with Gasteiger partial charge >= 0.3 is 10.6 Å². The van der Waals surface area contributed by atoms with Crippen molar-refractivity contribution >= 4 is 28.0 Å². The monoisotopic (exact) mass is 717 g/mol. The van der Waals surface area contributed by atoms with Crippen LogP contribution in [0.5, 0.6) is 0 Å². The van der Waals surface area contributed by atoms with Gasteiger partial charge in [-0.25, -0.2) is 0 Å². The minimum atomic E-state index is -3.11. The minimum absolute atomic E-state index is 0. The number of benzene rings is 5. The van der Waals surface area contributed by atoms with Gasteiger partial charge in [-0.2, -0.15) is 0 Å². The van der Waals surface area contributed by atoms with E-state index in [0.29, 0.717) is 12.8 Å². The Hall–Kier alpha value is -5.14. The molecule has 7 heteroatoms. The molecule has 272 valence electrons. The molecule has 5 aromatic carbocycles. The van der Waals surface area contributed by atoms with Crippen molar-refractivity contribution in [3.8, 4) is 22.3 Å². The Balaban J connectivity index is 0.00000139. The maximum absolute atomic E-state index is 14.0. The highest BCUT2D eigenvalue weighted by Gasteiger charge is 2.22. The lowest BCUT2D eigenvalue weighted by molar-refractivity contribution is -0.117. The van der Waals surface area contributed by atoms with E-state index >= 15 is 0 Å². The van der Waals surface area contributed by atoms with Gasteiger partial charge in [0.05, 0.1) is 5.92 Å². The van der Waals surface area contributed by atoms with Gasteiger partial charge in [-0.3, -0.25) is 9.59 Å². The number of ketones is 1. The molecule has 52 heavy (non-hydrogen) atoms. The van der Waals surface area contributed by atoms with E-state index in [0.717, 1.165) is 45.5 Å². The van der Waals surface area contributed by atoms with Crippen molar-refractivity contribution in [1.29, 1.82) is 0 Å². The molecular formula is C45H51NO5S. The molecule has 0 fully saturated rings. The third-order valence-electron chi connectivity index (χ3n) is 9.02. The molecule has 1 N–H and O–H groups in total. The molecule has 0 radical (unpaired) electrons.